The topological polar surface area (TPSA) is 89.1 Å². The van der Waals surface area contributed by atoms with Crippen LogP contribution in [0.5, 0.6) is 0 Å². The van der Waals surface area contributed by atoms with Crippen LogP contribution in [-0.2, 0) is 19.4 Å². The van der Waals surface area contributed by atoms with Crippen molar-refractivity contribution < 1.29 is 18.0 Å². The number of nitrogens with zero attached hydrogens (tertiary/aromatic N) is 4. The molecule has 10 heteroatoms. The maximum atomic E-state index is 13.2. The largest absolute Gasteiger partial charge is 0.395 e. The molecule has 0 unspecified atom stereocenters. The number of nitrogens with two attached hydrogens (primary N) is 1. The highest BCUT2D eigenvalue weighted by Gasteiger charge is 2.48. The average Bonchev–Trinajstić information content (AvgIpc) is 3.41. The molecule has 3 aromatic rings. The van der Waals surface area contributed by atoms with Gasteiger partial charge < -0.3 is 20.5 Å². The van der Waals surface area contributed by atoms with Crippen LogP contribution in [0.1, 0.15) is 35.0 Å². The molecule has 3 aromatic heterocycles. The number of alkyl halides is 3. The lowest BCUT2D eigenvalue weighted by molar-refractivity contribution is -0.171. The van der Waals surface area contributed by atoms with Crippen molar-refractivity contribution in [2.45, 2.75) is 51.0 Å². The molecule has 0 bridgehead atoms. The Kier molecular flexibility index (Phi) is 5.71. The van der Waals surface area contributed by atoms with E-state index < -0.39 is 18.1 Å². The number of anilines is 1. The number of carbonyl (C=O) groups is 1. The van der Waals surface area contributed by atoms with Gasteiger partial charge in [-0.15, -0.1) is 0 Å². The lowest BCUT2D eigenvalue weighted by Gasteiger charge is -2.26. The minimum absolute atomic E-state index is 0.0431. The Morgan fingerprint density at radius 1 is 1.26 bits per heavy atom. The Morgan fingerprint density at radius 3 is 2.82 bits per heavy atom. The number of amides is 1. The molecule has 1 fully saturated rings. The van der Waals surface area contributed by atoms with Gasteiger partial charge in [-0.2, -0.15) is 13.2 Å². The molecule has 1 amide bonds. The number of aryl methyl sites for hydroxylation is 2. The molecule has 0 spiro atoms. The number of rotatable bonds is 4. The predicted octanol–water partition coefficient (Wildman–Crippen LogP) is 3.06. The van der Waals surface area contributed by atoms with Gasteiger partial charge in [0.25, 0.3) is 5.91 Å². The fourth-order valence-electron chi connectivity index (χ4n) is 4.99. The first kappa shape index (κ1) is 22.6. The summed E-state index contributed by atoms with van der Waals surface area (Å²) in [5.74, 6) is -1.18. The van der Waals surface area contributed by atoms with E-state index in [1.54, 1.807) is 17.2 Å². The Balaban J connectivity index is 1.25. The van der Waals surface area contributed by atoms with E-state index in [0.717, 1.165) is 28.8 Å². The normalized spacial score (nSPS) is 22.7. The third kappa shape index (κ3) is 4.22. The summed E-state index contributed by atoms with van der Waals surface area (Å²) in [6.07, 6.45) is 1.23. The highest BCUT2D eigenvalue weighted by Crippen LogP contribution is 2.35. The second-order valence-electron chi connectivity index (χ2n) is 9.14. The van der Waals surface area contributed by atoms with Crippen LogP contribution in [0, 0.1) is 5.92 Å². The van der Waals surface area contributed by atoms with E-state index in [-0.39, 0.29) is 25.0 Å². The van der Waals surface area contributed by atoms with Gasteiger partial charge in [0.1, 0.15) is 11.5 Å². The van der Waals surface area contributed by atoms with Crippen molar-refractivity contribution in [3.05, 3.63) is 53.5 Å². The van der Waals surface area contributed by atoms with Crippen LogP contribution in [0.15, 0.2) is 36.7 Å². The Labute approximate surface area is 195 Å². The molecule has 3 atom stereocenters. The zero-order valence-electron chi connectivity index (χ0n) is 18.8. The maximum absolute atomic E-state index is 13.2. The van der Waals surface area contributed by atoms with Crippen molar-refractivity contribution >= 4 is 22.8 Å². The zero-order valence-corrected chi connectivity index (χ0v) is 18.8. The number of hydrogen-bond acceptors (Lipinski definition) is 5. The number of aromatic nitrogens is 3. The molecule has 4 heterocycles. The van der Waals surface area contributed by atoms with Crippen molar-refractivity contribution in [1.29, 1.82) is 0 Å². The van der Waals surface area contributed by atoms with Crippen LogP contribution in [-0.4, -0.2) is 51.8 Å². The Bertz CT molecular complexity index is 1220. The number of hydrogen-bond donors (Lipinski definition) is 2. The van der Waals surface area contributed by atoms with Crippen molar-refractivity contribution in [3.63, 3.8) is 0 Å². The molecule has 1 aliphatic carbocycles. The molecule has 0 radical (unpaired) electrons. The Hall–Kier alpha value is -3.14. The molecule has 0 saturated carbocycles. The maximum Gasteiger partial charge on any atom is 0.395 e. The average molecular weight is 473 g/mol. The van der Waals surface area contributed by atoms with Gasteiger partial charge in [0.2, 0.25) is 0 Å². The standard InChI is InChI=1S/C24H27F3N6O/c1-2-32-8-7-15-9-16(11-29-22(15)32)23(34)30-17-4-5-20-14(10-17)3-6-21(31-20)33-12-18(19(28)13-33)24(25,26)27/h3,6-9,11,17-19H,2,4-5,10,12-13,28H2,1H3,(H,30,34)/t17-,18-,19-/m0/s1. The van der Waals surface area contributed by atoms with Gasteiger partial charge in [0, 0.05) is 55.2 Å². The van der Waals surface area contributed by atoms with Gasteiger partial charge in [-0.05, 0) is 49.9 Å². The van der Waals surface area contributed by atoms with Crippen LogP contribution in [0.2, 0.25) is 0 Å². The van der Waals surface area contributed by atoms with Gasteiger partial charge in [-0.3, -0.25) is 4.79 Å². The van der Waals surface area contributed by atoms with Crippen LogP contribution in [0.4, 0.5) is 19.0 Å². The van der Waals surface area contributed by atoms with Gasteiger partial charge in [0.05, 0.1) is 11.5 Å². The molecule has 2 aliphatic rings. The molecule has 1 aliphatic heterocycles. The first-order valence-electron chi connectivity index (χ1n) is 11.5. The summed E-state index contributed by atoms with van der Waals surface area (Å²) in [4.78, 5) is 23.5. The van der Waals surface area contributed by atoms with E-state index >= 15 is 0 Å². The van der Waals surface area contributed by atoms with Gasteiger partial charge in [-0.25, -0.2) is 9.97 Å². The molecular weight excluding hydrogens is 445 g/mol. The van der Waals surface area contributed by atoms with Crippen molar-refractivity contribution in [2.24, 2.45) is 11.7 Å². The van der Waals surface area contributed by atoms with Crippen LogP contribution in [0.3, 0.4) is 0 Å². The van der Waals surface area contributed by atoms with Crippen LogP contribution >= 0.6 is 0 Å². The fourth-order valence-corrected chi connectivity index (χ4v) is 4.99. The first-order chi connectivity index (χ1) is 16.2. The smallest absolute Gasteiger partial charge is 0.354 e. The third-order valence-corrected chi connectivity index (χ3v) is 6.90. The lowest BCUT2D eigenvalue weighted by atomic mass is 9.91. The molecule has 7 nitrogen and oxygen atoms in total. The second kappa shape index (κ2) is 8.57. The van der Waals surface area contributed by atoms with Gasteiger partial charge in [0.15, 0.2) is 0 Å². The zero-order chi connectivity index (χ0) is 24.0. The second-order valence-corrected chi connectivity index (χ2v) is 9.14. The monoisotopic (exact) mass is 472 g/mol. The minimum Gasteiger partial charge on any atom is -0.354 e. The van der Waals surface area contributed by atoms with E-state index in [4.69, 9.17) is 5.73 Å². The summed E-state index contributed by atoms with van der Waals surface area (Å²) in [5.41, 5.74) is 9.00. The summed E-state index contributed by atoms with van der Waals surface area (Å²) >= 11 is 0. The molecule has 0 aromatic carbocycles. The number of nitrogens with one attached hydrogen (secondary N) is 1. The number of fused-ring (bicyclic) bond motifs is 2. The number of carbonyl (C=O) groups excluding carboxylic acids is 1. The molecule has 1 saturated heterocycles. The van der Waals surface area contributed by atoms with Crippen LogP contribution < -0.4 is 16.0 Å². The molecule has 5 rings (SSSR count). The van der Waals surface area contributed by atoms with E-state index in [1.165, 1.54) is 0 Å². The van der Waals surface area contributed by atoms with Gasteiger partial charge in [-0.1, -0.05) is 6.07 Å². The highest BCUT2D eigenvalue weighted by molar-refractivity contribution is 5.97. The molecule has 180 valence electrons. The fraction of sp³-hybridized carbons (Fsp3) is 0.458. The quantitative estimate of drug-likeness (QED) is 0.609. The summed E-state index contributed by atoms with van der Waals surface area (Å²) in [7, 11) is 0. The third-order valence-electron chi connectivity index (χ3n) is 6.90. The lowest BCUT2D eigenvalue weighted by Crippen LogP contribution is -2.39. The van der Waals surface area contributed by atoms with Crippen LogP contribution in [0.25, 0.3) is 11.0 Å². The summed E-state index contributed by atoms with van der Waals surface area (Å²) in [6, 6.07) is 6.47. The molecule has 3 N–H and O–H groups in total. The number of pyridine rings is 2. The van der Waals surface area contributed by atoms with Gasteiger partial charge >= 0.3 is 6.18 Å². The van der Waals surface area contributed by atoms with Crippen molar-refractivity contribution in [2.75, 3.05) is 18.0 Å². The summed E-state index contributed by atoms with van der Waals surface area (Å²) in [5, 5.41) is 4.02. The van der Waals surface area contributed by atoms with Crippen molar-refractivity contribution in [3.8, 4) is 0 Å². The number of halogens is 3. The Morgan fingerprint density at radius 2 is 2.09 bits per heavy atom. The summed E-state index contributed by atoms with van der Waals surface area (Å²) < 4.78 is 41.5. The van der Waals surface area contributed by atoms with E-state index in [9.17, 15) is 18.0 Å². The molecular formula is C24H27F3N6O. The van der Waals surface area contributed by atoms with E-state index in [0.29, 0.717) is 30.6 Å². The molecule has 34 heavy (non-hydrogen) atoms. The van der Waals surface area contributed by atoms with E-state index in [1.807, 2.05) is 35.9 Å². The SMILES string of the molecule is CCn1ccc2cc(C(=O)N[C@H]3CCc4nc(N5C[C@H](N)[C@@H](C(F)(F)F)C5)ccc4C3)cnc21. The summed E-state index contributed by atoms with van der Waals surface area (Å²) in [6.45, 7) is 2.82. The first-order valence-corrected chi connectivity index (χ1v) is 11.5. The predicted molar refractivity (Wildman–Crippen MR) is 123 cm³/mol. The highest BCUT2D eigenvalue weighted by atomic mass is 19.4. The van der Waals surface area contributed by atoms with E-state index in [2.05, 4.69) is 15.3 Å². The van der Waals surface area contributed by atoms with Crippen molar-refractivity contribution in [1.82, 2.24) is 19.9 Å². The minimum atomic E-state index is -4.31.